The van der Waals surface area contributed by atoms with Gasteiger partial charge < -0.3 is 0 Å². The predicted molar refractivity (Wildman–Crippen MR) is 69.6 cm³/mol. The summed E-state index contributed by atoms with van der Waals surface area (Å²) in [6.07, 6.45) is 1.77. The van der Waals surface area contributed by atoms with Crippen LogP contribution < -0.4 is 0 Å². The molecule has 0 radical (unpaired) electrons. The van der Waals surface area contributed by atoms with Gasteiger partial charge in [0.2, 0.25) is 0 Å². The Bertz CT molecular complexity index is 575. The topological polar surface area (TPSA) is 36.1 Å². The minimum atomic E-state index is 0.651. The van der Waals surface area contributed by atoms with Crippen LogP contribution in [0.2, 0.25) is 0 Å². The summed E-state index contributed by atoms with van der Waals surface area (Å²) in [5.41, 5.74) is 3.72. The molecule has 0 unspecified atom stereocenters. The van der Waals surface area contributed by atoms with E-state index in [2.05, 4.69) is 11.1 Å². The smallest absolute Gasteiger partial charge is 0.0991 e. The molecular weight excluding hydrogens is 208 g/mol. The third-order valence-electron chi connectivity index (χ3n) is 2.41. The standard InChI is InChI=1S/C15H12N2/c1-12-5-7-15(8-6-12)17-11-14-4-2-3-13(9-14)10-16/h2-9,11H,1H3. The lowest BCUT2D eigenvalue weighted by Crippen LogP contribution is -1.82. The zero-order valence-electron chi connectivity index (χ0n) is 9.59. The second-order valence-electron chi connectivity index (χ2n) is 3.83. The second kappa shape index (κ2) is 5.09. The molecule has 2 rings (SSSR count). The predicted octanol–water partition coefficient (Wildman–Crippen LogP) is 3.62. The molecule has 0 heterocycles. The van der Waals surface area contributed by atoms with E-state index >= 15 is 0 Å². The maximum atomic E-state index is 8.78. The molecule has 82 valence electrons. The molecule has 0 aliphatic carbocycles. The Balaban J connectivity index is 2.20. The number of hydrogen-bond acceptors (Lipinski definition) is 2. The Morgan fingerprint density at radius 1 is 1.12 bits per heavy atom. The third-order valence-corrected chi connectivity index (χ3v) is 2.41. The zero-order valence-corrected chi connectivity index (χ0v) is 9.59. The fraction of sp³-hybridized carbons (Fsp3) is 0.0667. The summed E-state index contributed by atoms with van der Waals surface area (Å²) < 4.78 is 0. The van der Waals surface area contributed by atoms with E-state index in [1.54, 1.807) is 12.3 Å². The van der Waals surface area contributed by atoms with Gasteiger partial charge in [-0.3, -0.25) is 4.99 Å². The molecule has 2 aromatic carbocycles. The van der Waals surface area contributed by atoms with Crippen LogP contribution in [0, 0.1) is 18.3 Å². The lowest BCUT2D eigenvalue weighted by molar-refractivity contribution is 1.43. The van der Waals surface area contributed by atoms with Crippen LogP contribution >= 0.6 is 0 Å². The highest BCUT2D eigenvalue weighted by Gasteiger charge is 1.92. The van der Waals surface area contributed by atoms with Crippen LogP contribution in [0.1, 0.15) is 16.7 Å². The Kier molecular flexibility index (Phi) is 3.32. The molecule has 0 bridgehead atoms. The van der Waals surface area contributed by atoms with Crippen molar-refractivity contribution in [2.45, 2.75) is 6.92 Å². The largest absolute Gasteiger partial charge is 0.256 e. The van der Waals surface area contributed by atoms with Crippen LogP contribution in [0.3, 0.4) is 0 Å². The van der Waals surface area contributed by atoms with Crippen LogP contribution in [-0.2, 0) is 0 Å². The van der Waals surface area contributed by atoms with E-state index in [1.807, 2.05) is 49.4 Å². The van der Waals surface area contributed by atoms with Gasteiger partial charge >= 0.3 is 0 Å². The van der Waals surface area contributed by atoms with E-state index in [-0.39, 0.29) is 0 Å². The minimum absolute atomic E-state index is 0.651. The van der Waals surface area contributed by atoms with Crippen molar-refractivity contribution in [3.63, 3.8) is 0 Å². The average Bonchev–Trinajstić information content (AvgIpc) is 2.38. The first-order chi connectivity index (χ1) is 8.28. The maximum Gasteiger partial charge on any atom is 0.0991 e. The monoisotopic (exact) mass is 220 g/mol. The van der Waals surface area contributed by atoms with Gasteiger partial charge in [0, 0.05) is 6.21 Å². The van der Waals surface area contributed by atoms with Gasteiger partial charge in [-0.05, 0) is 36.8 Å². The molecule has 2 nitrogen and oxygen atoms in total. The SMILES string of the molecule is Cc1ccc(N=Cc2cccc(C#N)c2)cc1. The Hall–Kier alpha value is -2.40. The number of benzene rings is 2. The van der Waals surface area contributed by atoms with Crippen LogP contribution in [0.5, 0.6) is 0 Å². The molecule has 0 amide bonds. The molecule has 17 heavy (non-hydrogen) atoms. The lowest BCUT2D eigenvalue weighted by Gasteiger charge is -1.96. The summed E-state index contributed by atoms with van der Waals surface area (Å²) in [6.45, 7) is 2.05. The average molecular weight is 220 g/mol. The summed E-state index contributed by atoms with van der Waals surface area (Å²) in [6, 6.07) is 17.5. The maximum absolute atomic E-state index is 8.78. The molecule has 2 aromatic rings. The van der Waals surface area contributed by atoms with Crippen LogP contribution in [0.15, 0.2) is 53.5 Å². The first-order valence-electron chi connectivity index (χ1n) is 5.39. The first-order valence-corrected chi connectivity index (χ1v) is 5.39. The summed E-state index contributed by atoms with van der Waals surface area (Å²) in [4.78, 5) is 4.36. The molecule has 0 atom stereocenters. The highest BCUT2D eigenvalue weighted by Crippen LogP contribution is 2.12. The fourth-order valence-electron chi connectivity index (χ4n) is 1.47. The van der Waals surface area contributed by atoms with Gasteiger partial charge in [-0.2, -0.15) is 5.26 Å². The summed E-state index contributed by atoms with van der Waals surface area (Å²) in [5.74, 6) is 0. The van der Waals surface area contributed by atoms with E-state index < -0.39 is 0 Å². The van der Waals surface area contributed by atoms with Crippen molar-refractivity contribution in [2.75, 3.05) is 0 Å². The van der Waals surface area contributed by atoms with Crippen molar-refractivity contribution in [2.24, 2.45) is 4.99 Å². The van der Waals surface area contributed by atoms with Crippen molar-refractivity contribution in [3.05, 3.63) is 65.2 Å². The normalized spacial score (nSPS) is 10.4. The number of nitrogens with zero attached hydrogens (tertiary/aromatic N) is 2. The van der Waals surface area contributed by atoms with Gasteiger partial charge in [-0.1, -0.05) is 29.8 Å². The van der Waals surface area contributed by atoms with Crippen molar-refractivity contribution < 1.29 is 0 Å². The van der Waals surface area contributed by atoms with Crippen LogP contribution in [0.4, 0.5) is 5.69 Å². The molecule has 0 aliphatic rings. The Labute approximate surface area is 101 Å². The molecular formula is C15H12N2. The van der Waals surface area contributed by atoms with Gasteiger partial charge in [0.15, 0.2) is 0 Å². The first kappa shape index (κ1) is 11.1. The highest BCUT2D eigenvalue weighted by atomic mass is 14.7. The Morgan fingerprint density at radius 2 is 1.88 bits per heavy atom. The number of aliphatic imine (C=N–C) groups is 1. The van der Waals surface area contributed by atoms with E-state index in [0.29, 0.717) is 5.56 Å². The number of hydrogen-bond donors (Lipinski definition) is 0. The van der Waals surface area contributed by atoms with Gasteiger partial charge in [0.1, 0.15) is 0 Å². The summed E-state index contributed by atoms with van der Waals surface area (Å²) >= 11 is 0. The summed E-state index contributed by atoms with van der Waals surface area (Å²) in [7, 11) is 0. The number of aryl methyl sites for hydroxylation is 1. The molecule has 0 aromatic heterocycles. The quantitative estimate of drug-likeness (QED) is 0.712. The van der Waals surface area contributed by atoms with Gasteiger partial charge in [-0.15, -0.1) is 0 Å². The van der Waals surface area contributed by atoms with Crippen LogP contribution in [0.25, 0.3) is 0 Å². The van der Waals surface area contributed by atoms with Gasteiger partial charge in [-0.25, -0.2) is 0 Å². The van der Waals surface area contributed by atoms with Gasteiger partial charge in [0.25, 0.3) is 0 Å². The van der Waals surface area contributed by atoms with E-state index in [4.69, 9.17) is 5.26 Å². The molecule has 2 heteroatoms. The highest BCUT2D eigenvalue weighted by molar-refractivity contribution is 5.82. The van der Waals surface area contributed by atoms with E-state index in [1.165, 1.54) is 5.56 Å². The van der Waals surface area contributed by atoms with Crippen LogP contribution in [-0.4, -0.2) is 6.21 Å². The fourth-order valence-corrected chi connectivity index (χ4v) is 1.47. The van der Waals surface area contributed by atoms with Crippen molar-refractivity contribution in [1.29, 1.82) is 5.26 Å². The zero-order chi connectivity index (χ0) is 12.1. The number of nitriles is 1. The molecule has 0 fully saturated rings. The molecule has 0 saturated carbocycles. The summed E-state index contributed by atoms with van der Waals surface area (Å²) in [5, 5.41) is 8.78. The Morgan fingerprint density at radius 3 is 2.59 bits per heavy atom. The minimum Gasteiger partial charge on any atom is -0.256 e. The number of rotatable bonds is 2. The van der Waals surface area contributed by atoms with E-state index in [0.717, 1.165) is 11.3 Å². The molecule has 0 spiro atoms. The van der Waals surface area contributed by atoms with Crippen molar-refractivity contribution in [1.82, 2.24) is 0 Å². The third kappa shape index (κ3) is 3.02. The lowest BCUT2D eigenvalue weighted by atomic mass is 10.1. The van der Waals surface area contributed by atoms with E-state index in [9.17, 15) is 0 Å². The molecule has 0 N–H and O–H groups in total. The van der Waals surface area contributed by atoms with Crippen molar-refractivity contribution >= 4 is 11.9 Å². The molecule has 0 aliphatic heterocycles. The second-order valence-corrected chi connectivity index (χ2v) is 3.83. The molecule has 0 saturated heterocycles. The van der Waals surface area contributed by atoms with Crippen molar-refractivity contribution in [3.8, 4) is 6.07 Å². The van der Waals surface area contributed by atoms with Gasteiger partial charge in [0.05, 0.1) is 17.3 Å².